The van der Waals surface area contributed by atoms with Gasteiger partial charge in [-0.3, -0.25) is 9.59 Å². The van der Waals surface area contributed by atoms with Crippen LogP contribution in [-0.2, 0) is 11.2 Å². The van der Waals surface area contributed by atoms with E-state index >= 15 is 0 Å². The van der Waals surface area contributed by atoms with Crippen molar-refractivity contribution in [3.63, 3.8) is 0 Å². The number of nitrogens with one attached hydrogen (secondary N) is 1. The van der Waals surface area contributed by atoms with Crippen LogP contribution in [0.1, 0.15) is 15.9 Å². The topological polar surface area (TPSA) is 72.2 Å². The summed E-state index contributed by atoms with van der Waals surface area (Å²) >= 11 is 0. The Labute approximate surface area is 144 Å². The van der Waals surface area contributed by atoms with Crippen molar-refractivity contribution < 1.29 is 14.0 Å². The highest BCUT2D eigenvalue weighted by Gasteiger charge is 2.19. The number of amides is 2. The summed E-state index contributed by atoms with van der Waals surface area (Å²) in [4.78, 5) is 24.0. The first-order valence-corrected chi connectivity index (χ1v) is 7.86. The Morgan fingerprint density at radius 2 is 1.64 bits per heavy atom. The van der Waals surface area contributed by atoms with E-state index in [-0.39, 0.29) is 12.0 Å². The fourth-order valence-electron chi connectivity index (χ4n) is 2.67. The number of hydrogen-bond acceptors (Lipinski definition) is 2. The summed E-state index contributed by atoms with van der Waals surface area (Å²) in [6, 6.07) is 18.0. The van der Waals surface area contributed by atoms with Gasteiger partial charge >= 0.3 is 0 Å². The quantitative estimate of drug-likeness (QED) is 0.752. The van der Waals surface area contributed by atoms with Gasteiger partial charge in [0.15, 0.2) is 0 Å². The molecule has 0 unspecified atom stereocenters. The minimum atomic E-state index is -0.848. The first kappa shape index (κ1) is 16.6. The zero-order valence-corrected chi connectivity index (χ0v) is 13.4. The number of benzene rings is 3. The van der Waals surface area contributed by atoms with Crippen molar-refractivity contribution in [3.8, 4) is 0 Å². The van der Waals surface area contributed by atoms with E-state index in [0.29, 0.717) is 0 Å². The van der Waals surface area contributed by atoms with Gasteiger partial charge in [0.2, 0.25) is 5.91 Å². The lowest BCUT2D eigenvalue weighted by Crippen LogP contribution is -2.45. The fourth-order valence-corrected chi connectivity index (χ4v) is 2.67. The van der Waals surface area contributed by atoms with Crippen molar-refractivity contribution in [2.75, 3.05) is 0 Å². The van der Waals surface area contributed by atoms with Gasteiger partial charge in [-0.05, 0) is 40.6 Å². The predicted molar refractivity (Wildman–Crippen MR) is 94.5 cm³/mol. The number of carbonyl (C=O) groups excluding carboxylic acids is 2. The number of carbonyl (C=O) groups is 2. The third kappa shape index (κ3) is 4.01. The second-order valence-electron chi connectivity index (χ2n) is 5.82. The molecule has 3 aromatic rings. The van der Waals surface area contributed by atoms with Gasteiger partial charge < -0.3 is 11.1 Å². The number of rotatable bonds is 5. The van der Waals surface area contributed by atoms with Crippen LogP contribution >= 0.6 is 0 Å². The predicted octanol–water partition coefficient (Wildman–Crippen LogP) is 2.81. The molecule has 0 saturated carbocycles. The molecule has 5 heteroatoms. The van der Waals surface area contributed by atoms with Crippen LogP contribution in [0.25, 0.3) is 10.8 Å². The van der Waals surface area contributed by atoms with Crippen molar-refractivity contribution in [2.45, 2.75) is 12.5 Å². The summed E-state index contributed by atoms with van der Waals surface area (Å²) < 4.78 is 13.0. The monoisotopic (exact) mass is 336 g/mol. The molecule has 3 N–H and O–H groups in total. The third-order valence-electron chi connectivity index (χ3n) is 4.01. The number of nitrogens with two attached hydrogens (primary N) is 1. The van der Waals surface area contributed by atoms with Crippen LogP contribution < -0.4 is 11.1 Å². The van der Waals surface area contributed by atoms with Crippen molar-refractivity contribution >= 4 is 22.6 Å². The summed E-state index contributed by atoms with van der Waals surface area (Å²) in [7, 11) is 0. The minimum absolute atomic E-state index is 0.270. The average Bonchev–Trinajstić information content (AvgIpc) is 2.61. The number of primary amides is 1. The van der Waals surface area contributed by atoms with Crippen LogP contribution in [0.5, 0.6) is 0 Å². The maximum atomic E-state index is 13.0. The van der Waals surface area contributed by atoms with E-state index in [0.717, 1.165) is 16.3 Å². The average molecular weight is 336 g/mol. The van der Waals surface area contributed by atoms with Gasteiger partial charge in [-0.2, -0.15) is 0 Å². The molecule has 0 heterocycles. The standard InChI is InChI=1S/C20H17FN2O2/c21-17-9-7-15(8-10-17)20(25)23-18(19(22)24)12-13-5-6-14-3-1-2-4-16(14)11-13/h1-11,18H,12H2,(H2,22,24)(H,23,25)/t18-/m0/s1. The molecule has 4 nitrogen and oxygen atoms in total. The smallest absolute Gasteiger partial charge is 0.251 e. The fraction of sp³-hybridized carbons (Fsp3) is 0.100. The first-order chi connectivity index (χ1) is 12.0. The molecular weight excluding hydrogens is 319 g/mol. The number of halogens is 1. The van der Waals surface area contributed by atoms with Gasteiger partial charge in [0.1, 0.15) is 11.9 Å². The Kier molecular flexibility index (Phi) is 4.75. The molecule has 0 aliphatic carbocycles. The SMILES string of the molecule is NC(=O)[C@H](Cc1ccc2ccccc2c1)NC(=O)c1ccc(F)cc1. The lowest BCUT2D eigenvalue weighted by molar-refractivity contribution is -0.119. The Morgan fingerprint density at radius 3 is 2.32 bits per heavy atom. The molecule has 2 amide bonds. The Balaban J connectivity index is 1.77. The highest BCUT2D eigenvalue weighted by molar-refractivity contribution is 5.97. The van der Waals surface area contributed by atoms with Gasteiger partial charge in [0.05, 0.1) is 0 Å². The molecule has 0 aromatic heterocycles. The van der Waals surface area contributed by atoms with E-state index < -0.39 is 23.7 Å². The molecule has 3 aromatic carbocycles. The molecule has 25 heavy (non-hydrogen) atoms. The lowest BCUT2D eigenvalue weighted by Gasteiger charge is -2.16. The van der Waals surface area contributed by atoms with Crippen LogP contribution in [0.3, 0.4) is 0 Å². The maximum absolute atomic E-state index is 13.0. The van der Waals surface area contributed by atoms with Crippen molar-refractivity contribution in [3.05, 3.63) is 83.7 Å². The Morgan fingerprint density at radius 1 is 0.960 bits per heavy atom. The summed E-state index contributed by atoms with van der Waals surface area (Å²) in [5.74, 6) is -1.52. The zero-order valence-electron chi connectivity index (χ0n) is 13.4. The van der Waals surface area contributed by atoms with Gasteiger partial charge in [-0.15, -0.1) is 0 Å². The molecule has 0 radical (unpaired) electrons. The minimum Gasteiger partial charge on any atom is -0.368 e. The molecule has 0 bridgehead atoms. The molecule has 0 aliphatic rings. The van der Waals surface area contributed by atoms with Crippen LogP contribution in [0.2, 0.25) is 0 Å². The molecule has 3 rings (SSSR count). The van der Waals surface area contributed by atoms with Crippen molar-refractivity contribution in [1.29, 1.82) is 0 Å². The highest BCUT2D eigenvalue weighted by atomic mass is 19.1. The summed E-state index contributed by atoms with van der Waals surface area (Å²) in [6.45, 7) is 0. The number of fused-ring (bicyclic) bond motifs is 1. The zero-order chi connectivity index (χ0) is 17.8. The van der Waals surface area contributed by atoms with E-state index in [1.807, 2.05) is 42.5 Å². The van der Waals surface area contributed by atoms with E-state index in [1.165, 1.54) is 24.3 Å². The van der Waals surface area contributed by atoms with E-state index in [1.54, 1.807) is 0 Å². The summed E-state index contributed by atoms with van der Waals surface area (Å²) in [5, 5.41) is 4.76. The van der Waals surface area contributed by atoms with E-state index in [9.17, 15) is 14.0 Å². The van der Waals surface area contributed by atoms with Crippen LogP contribution in [-0.4, -0.2) is 17.9 Å². The Hall–Kier alpha value is -3.21. The second-order valence-corrected chi connectivity index (χ2v) is 5.82. The Bertz CT molecular complexity index is 922. The van der Waals surface area contributed by atoms with Crippen LogP contribution in [0, 0.1) is 5.82 Å². The first-order valence-electron chi connectivity index (χ1n) is 7.86. The van der Waals surface area contributed by atoms with Gasteiger partial charge in [-0.25, -0.2) is 4.39 Å². The van der Waals surface area contributed by atoms with Gasteiger partial charge in [-0.1, -0.05) is 42.5 Å². The molecule has 0 spiro atoms. The molecule has 0 saturated heterocycles. The van der Waals surface area contributed by atoms with Gasteiger partial charge in [0, 0.05) is 12.0 Å². The van der Waals surface area contributed by atoms with Gasteiger partial charge in [0.25, 0.3) is 5.91 Å². The lowest BCUT2D eigenvalue weighted by atomic mass is 10.0. The molecular formula is C20H17FN2O2. The molecule has 0 fully saturated rings. The molecule has 0 aliphatic heterocycles. The summed E-state index contributed by atoms with van der Waals surface area (Å²) in [5.41, 5.74) is 6.59. The van der Waals surface area contributed by atoms with E-state index in [4.69, 9.17) is 5.73 Å². The van der Waals surface area contributed by atoms with E-state index in [2.05, 4.69) is 5.32 Å². The highest BCUT2D eigenvalue weighted by Crippen LogP contribution is 2.17. The largest absolute Gasteiger partial charge is 0.368 e. The second kappa shape index (κ2) is 7.13. The maximum Gasteiger partial charge on any atom is 0.251 e. The number of hydrogen-bond donors (Lipinski definition) is 2. The van der Waals surface area contributed by atoms with Crippen molar-refractivity contribution in [2.24, 2.45) is 5.73 Å². The molecule has 1 atom stereocenters. The van der Waals surface area contributed by atoms with Crippen molar-refractivity contribution in [1.82, 2.24) is 5.32 Å². The third-order valence-corrected chi connectivity index (χ3v) is 4.01. The molecule has 126 valence electrons. The summed E-state index contributed by atoms with van der Waals surface area (Å²) in [6.07, 6.45) is 0.285. The van der Waals surface area contributed by atoms with Crippen LogP contribution in [0.15, 0.2) is 66.7 Å². The van der Waals surface area contributed by atoms with Crippen LogP contribution in [0.4, 0.5) is 4.39 Å². The normalized spacial score (nSPS) is 11.9.